The van der Waals surface area contributed by atoms with Gasteiger partial charge in [0.15, 0.2) is 5.78 Å². The van der Waals surface area contributed by atoms with E-state index >= 15 is 0 Å². The molecule has 0 spiro atoms. The molecule has 5 heteroatoms. The number of hydrogen-bond donors (Lipinski definition) is 2. The van der Waals surface area contributed by atoms with Gasteiger partial charge in [-0.3, -0.25) is 9.59 Å². The predicted molar refractivity (Wildman–Crippen MR) is 117 cm³/mol. The Balaban J connectivity index is 1.65. The summed E-state index contributed by atoms with van der Waals surface area (Å²) in [6, 6.07) is 18.4. The van der Waals surface area contributed by atoms with E-state index in [2.05, 4.69) is 36.4 Å². The molecule has 1 amide bonds. The van der Waals surface area contributed by atoms with Crippen molar-refractivity contribution in [3.63, 3.8) is 0 Å². The van der Waals surface area contributed by atoms with Crippen LogP contribution in [-0.4, -0.2) is 16.7 Å². The molecule has 29 heavy (non-hydrogen) atoms. The lowest BCUT2D eigenvalue weighted by atomic mass is 9.87. The number of benzene rings is 2. The van der Waals surface area contributed by atoms with Gasteiger partial charge < -0.3 is 10.6 Å². The van der Waals surface area contributed by atoms with Crippen molar-refractivity contribution in [2.75, 3.05) is 10.6 Å². The molecular formula is C24H25N3O2. The van der Waals surface area contributed by atoms with Crippen molar-refractivity contribution in [2.45, 2.75) is 33.1 Å². The van der Waals surface area contributed by atoms with Crippen molar-refractivity contribution in [1.29, 1.82) is 0 Å². The molecule has 0 aliphatic carbocycles. The summed E-state index contributed by atoms with van der Waals surface area (Å²) in [4.78, 5) is 28.3. The Morgan fingerprint density at radius 3 is 2.17 bits per heavy atom. The lowest BCUT2D eigenvalue weighted by Crippen LogP contribution is -2.14. The molecule has 3 aromatic rings. The summed E-state index contributed by atoms with van der Waals surface area (Å²) in [7, 11) is 0. The quantitative estimate of drug-likeness (QED) is 0.561. The van der Waals surface area contributed by atoms with Gasteiger partial charge in [0.1, 0.15) is 5.82 Å². The third kappa shape index (κ3) is 5.29. The number of ketones is 1. The van der Waals surface area contributed by atoms with Crippen LogP contribution in [0, 0.1) is 0 Å². The van der Waals surface area contributed by atoms with E-state index in [9.17, 15) is 9.59 Å². The zero-order valence-corrected chi connectivity index (χ0v) is 17.1. The molecule has 0 aliphatic rings. The number of carbonyl (C=O) groups excluding carboxylic acids is 2. The summed E-state index contributed by atoms with van der Waals surface area (Å²) in [5, 5.41) is 6.01. The van der Waals surface area contributed by atoms with Gasteiger partial charge >= 0.3 is 0 Å². The highest BCUT2D eigenvalue weighted by Gasteiger charge is 2.14. The Hall–Kier alpha value is -3.47. The second-order valence-corrected chi connectivity index (χ2v) is 7.98. The van der Waals surface area contributed by atoms with Crippen LogP contribution in [0.3, 0.4) is 0 Å². The summed E-state index contributed by atoms with van der Waals surface area (Å²) in [6.07, 6.45) is 1.60. The molecule has 0 bridgehead atoms. The Morgan fingerprint density at radius 2 is 1.59 bits per heavy atom. The third-order valence-electron chi connectivity index (χ3n) is 4.58. The summed E-state index contributed by atoms with van der Waals surface area (Å²) in [5.74, 6) is 0.454. The molecule has 2 aromatic carbocycles. The molecule has 0 unspecified atom stereocenters. The van der Waals surface area contributed by atoms with E-state index in [1.165, 1.54) is 12.5 Å². The second kappa shape index (κ2) is 8.27. The number of amides is 1. The van der Waals surface area contributed by atoms with E-state index in [-0.39, 0.29) is 17.1 Å². The average molecular weight is 387 g/mol. The van der Waals surface area contributed by atoms with Crippen LogP contribution in [-0.2, 0) is 5.41 Å². The maximum absolute atomic E-state index is 12.5. The number of carbonyl (C=O) groups is 2. The Morgan fingerprint density at radius 1 is 0.862 bits per heavy atom. The lowest BCUT2D eigenvalue weighted by Gasteiger charge is -2.19. The fourth-order valence-corrected chi connectivity index (χ4v) is 2.83. The fraction of sp³-hybridized carbons (Fsp3) is 0.208. The van der Waals surface area contributed by atoms with Gasteiger partial charge in [0, 0.05) is 16.8 Å². The molecule has 0 saturated heterocycles. The predicted octanol–water partition coefficient (Wildman–Crippen LogP) is 5.58. The standard InChI is InChI=1S/C24H25N3O2/c1-16(28)18-6-5-7-20(14-18)26-22-13-12-21(15-25-22)27-23(29)17-8-10-19(11-9-17)24(2,3)4/h5-15H,1-4H3,(H,25,26)(H,27,29). The van der Waals surface area contributed by atoms with Crippen LogP contribution in [0.5, 0.6) is 0 Å². The smallest absolute Gasteiger partial charge is 0.255 e. The summed E-state index contributed by atoms with van der Waals surface area (Å²) in [5.41, 5.74) is 3.85. The van der Waals surface area contributed by atoms with Crippen molar-refractivity contribution in [3.8, 4) is 0 Å². The molecule has 2 N–H and O–H groups in total. The molecule has 0 saturated carbocycles. The lowest BCUT2D eigenvalue weighted by molar-refractivity contribution is 0.101. The Bertz CT molecular complexity index is 1020. The van der Waals surface area contributed by atoms with E-state index < -0.39 is 0 Å². The number of nitrogens with one attached hydrogen (secondary N) is 2. The fourth-order valence-electron chi connectivity index (χ4n) is 2.83. The molecule has 0 atom stereocenters. The van der Waals surface area contributed by atoms with Crippen LogP contribution in [0.25, 0.3) is 0 Å². The maximum atomic E-state index is 12.5. The van der Waals surface area contributed by atoms with Crippen LogP contribution < -0.4 is 10.6 Å². The number of nitrogens with zero attached hydrogens (tertiary/aromatic N) is 1. The van der Waals surface area contributed by atoms with Gasteiger partial charge in [0.05, 0.1) is 11.9 Å². The Kier molecular flexibility index (Phi) is 5.78. The van der Waals surface area contributed by atoms with Gasteiger partial charge in [-0.1, -0.05) is 45.0 Å². The summed E-state index contributed by atoms with van der Waals surface area (Å²) in [6.45, 7) is 7.95. The number of aromatic nitrogens is 1. The van der Waals surface area contributed by atoms with E-state index in [0.717, 1.165) is 5.69 Å². The Labute approximate surface area is 171 Å². The average Bonchev–Trinajstić information content (AvgIpc) is 2.69. The van der Waals surface area contributed by atoms with Gasteiger partial charge in [-0.15, -0.1) is 0 Å². The minimum absolute atomic E-state index is 0.00945. The summed E-state index contributed by atoms with van der Waals surface area (Å²) < 4.78 is 0. The van der Waals surface area contributed by atoms with Crippen molar-refractivity contribution in [1.82, 2.24) is 4.98 Å². The normalized spacial score (nSPS) is 11.0. The topological polar surface area (TPSA) is 71.1 Å². The van der Waals surface area contributed by atoms with Crippen molar-refractivity contribution >= 4 is 28.9 Å². The zero-order valence-electron chi connectivity index (χ0n) is 17.1. The van der Waals surface area contributed by atoms with Gasteiger partial charge in [-0.2, -0.15) is 0 Å². The number of pyridine rings is 1. The number of Topliss-reactive ketones (excluding diaryl/α,β-unsaturated/α-hetero) is 1. The SMILES string of the molecule is CC(=O)c1cccc(Nc2ccc(NC(=O)c3ccc(C(C)(C)C)cc3)cn2)c1. The first-order chi connectivity index (χ1) is 13.7. The third-order valence-corrected chi connectivity index (χ3v) is 4.58. The number of rotatable bonds is 5. The molecule has 1 heterocycles. The van der Waals surface area contributed by atoms with Crippen LogP contribution in [0.4, 0.5) is 17.2 Å². The first kappa shape index (κ1) is 20.3. The van der Waals surface area contributed by atoms with Crippen LogP contribution in [0.15, 0.2) is 66.9 Å². The first-order valence-electron chi connectivity index (χ1n) is 9.48. The summed E-state index contributed by atoms with van der Waals surface area (Å²) >= 11 is 0. The molecule has 5 nitrogen and oxygen atoms in total. The highest BCUT2D eigenvalue weighted by atomic mass is 16.1. The molecule has 1 aromatic heterocycles. The highest BCUT2D eigenvalue weighted by molar-refractivity contribution is 6.04. The molecule has 148 valence electrons. The zero-order chi connectivity index (χ0) is 21.0. The van der Waals surface area contributed by atoms with Crippen molar-refractivity contribution in [2.24, 2.45) is 0 Å². The second-order valence-electron chi connectivity index (χ2n) is 7.98. The van der Waals surface area contributed by atoms with Crippen LogP contribution in [0.2, 0.25) is 0 Å². The van der Waals surface area contributed by atoms with E-state index in [1.54, 1.807) is 30.5 Å². The molecule has 0 aliphatic heterocycles. The molecule has 3 rings (SSSR count). The number of anilines is 3. The monoisotopic (exact) mass is 387 g/mol. The van der Waals surface area contributed by atoms with Crippen molar-refractivity contribution in [3.05, 3.63) is 83.6 Å². The first-order valence-corrected chi connectivity index (χ1v) is 9.48. The van der Waals surface area contributed by atoms with Gasteiger partial charge in [-0.05, 0) is 54.3 Å². The van der Waals surface area contributed by atoms with Gasteiger partial charge in [0.25, 0.3) is 5.91 Å². The van der Waals surface area contributed by atoms with E-state index in [1.807, 2.05) is 36.4 Å². The van der Waals surface area contributed by atoms with E-state index in [4.69, 9.17) is 0 Å². The van der Waals surface area contributed by atoms with E-state index in [0.29, 0.717) is 22.6 Å². The van der Waals surface area contributed by atoms with Gasteiger partial charge in [0.2, 0.25) is 0 Å². The minimum atomic E-state index is -0.179. The van der Waals surface area contributed by atoms with Crippen LogP contribution in [0.1, 0.15) is 54.0 Å². The highest BCUT2D eigenvalue weighted by Crippen LogP contribution is 2.23. The molecule has 0 fully saturated rings. The largest absolute Gasteiger partial charge is 0.340 e. The van der Waals surface area contributed by atoms with Crippen LogP contribution >= 0.6 is 0 Å². The van der Waals surface area contributed by atoms with Crippen molar-refractivity contribution < 1.29 is 9.59 Å². The maximum Gasteiger partial charge on any atom is 0.255 e. The molecular weight excluding hydrogens is 362 g/mol. The molecule has 0 radical (unpaired) electrons. The minimum Gasteiger partial charge on any atom is -0.340 e. The number of hydrogen-bond acceptors (Lipinski definition) is 4. The van der Waals surface area contributed by atoms with Gasteiger partial charge in [-0.25, -0.2) is 4.98 Å².